The van der Waals surface area contributed by atoms with Crippen LogP contribution in [0, 0.1) is 13.8 Å². The first kappa shape index (κ1) is 17.0. The second-order valence-corrected chi connectivity index (χ2v) is 6.26. The second kappa shape index (κ2) is 6.93. The molecular formula is C19H21N3O3. The summed E-state index contributed by atoms with van der Waals surface area (Å²) in [5.41, 5.74) is 3.03. The number of carboxylic acid groups (broad SMARTS) is 1. The molecule has 1 aliphatic heterocycles. The summed E-state index contributed by atoms with van der Waals surface area (Å²) in [5.74, 6) is -0.362. The predicted octanol–water partition coefficient (Wildman–Crippen LogP) is 2.36. The molecule has 2 heterocycles. The smallest absolute Gasteiger partial charge is 0.354 e. The number of carbonyl (C=O) groups is 2. The maximum atomic E-state index is 12.7. The number of piperazine rings is 1. The summed E-state index contributed by atoms with van der Waals surface area (Å²) in [5, 5.41) is 9.06. The summed E-state index contributed by atoms with van der Waals surface area (Å²) in [4.78, 5) is 31.7. The number of aromatic nitrogens is 1. The summed E-state index contributed by atoms with van der Waals surface area (Å²) in [6, 6.07) is 10.7. The number of nitrogens with zero attached hydrogens (tertiary/aromatic N) is 3. The third kappa shape index (κ3) is 3.63. The Hall–Kier alpha value is -2.89. The van der Waals surface area contributed by atoms with Crippen molar-refractivity contribution in [2.75, 3.05) is 31.1 Å². The summed E-state index contributed by atoms with van der Waals surface area (Å²) in [6.07, 6.45) is 0. The molecule has 2 aromatic rings. The highest BCUT2D eigenvalue weighted by atomic mass is 16.4. The van der Waals surface area contributed by atoms with Crippen molar-refractivity contribution < 1.29 is 14.7 Å². The first-order valence-corrected chi connectivity index (χ1v) is 8.27. The molecule has 25 heavy (non-hydrogen) atoms. The standard InChI is InChI=1S/C19H21N3O3/c1-13-6-7-15(12-14(13)2)18(23)22-10-8-21(9-11-22)17-5-3-4-16(20-17)19(24)25/h3-7,12H,8-11H2,1-2H3,(H,24,25). The van der Waals surface area contributed by atoms with Crippen molar-refractivity contribution in [3.05, 3.63) is 58.8 Å². The summed E-state index contributed by atoms with van der Waals surface area (Å²) >= 11 is 0. The third-order valence-corrected chi connectivity index (χ3v) is 4.60. The van der Waals surface area contributed by atoms with Crippen LogP contribution in [0.2, 0.25) is 0 Å². The van der Waals surface area contributed by atoms with E-state index in [9.17, 15) is 9.59 Å². The number of carbonyl (C=O) groups excluding carboxylic acids is 1. The van der Waals surface area contributed by atoms with E-state index in [1.165, 1.54) is 11.6 Å². The number of carboxylic acids is 1. The number of aryl methyl sites for hydroxylation is 2. The predicted molar refractivity (Wildman–Crippen MR) is 95.2 cm³/mol. The Labute approximate surface area is 146 Å². The monoisotopic (exact) mass is 339 g/mol. The molecule has 1 N–H and O–H groups in total. The average Bonchev–Trinajstić information content (AvgIpc) is 2.63. The van der Waals surface area contributed by atoms with Crippen LogP contribution in [0.15, 0.2) is 36.4 Å². The van der Waals surface area contributed by atoms with E-state index in [0.717, 1.165) is 5.56 Å². The molecule has 0 bridgehead atoms. The molecular weight excluding hydrogens is 318 g/mol. The van der Waals surface area contributed by atoms with Gasteiger partial charge in [-0.15, -0.1) is 0 Å². The number of anilines is 1. The number of amides is 1. The fourth-order valence-corrected chi connectivity index (χ4v) is 2.91. The normalized spacial score (nSPS) is 14.5. The van der Waals surface area contributed by atoms with E-state index in [-0.39, 0.29) is 11.6 Å². The van der Waals surface area contributed by atoms with Crippen molar-refractivity contribution in [1.82, 2.24) is 9.88 Å². The van der Waals surface area contributed by atoms with E-state index < -0.39 is 5.97 Å². The molecule has 0 aliphatic carbocycles. The minimum absolute atomic E-state index is 0.0335. The molecule has 6 nitrogen and oxygen atoms in total. The highest BCUT2D eigenvalue weighted by Crippen LogP contribution is 2.17. The van der Waals surface area contributed by atoms with Crippen molar-refractivity contribution in [2.24, 2.45) is 0 Å². The highest BCUT2D eigenvalue weighted by Gasteiger charge is 2.23. The summed E-state index contributed by atoms with van der Waals surface area (Å²) < 4.78 is 0. The van der Waals surface area contributed by atoms with Crippen LogP contribution >= 0.6 is 0 Å². The maximum absolute atomic E-state index is 12.7. The number of rotatable bonds is 3. The Balaban J connectivity index is 1.67. The van der Waals surface area contributed by atoms with E-state index in [1.807, 2.05) is 41.8 Å². The van der Waals surface area contributed by atoms with Gasteiger partial charge in [0.25, 0.3) is 5.91 Å². The molecule has 0 saturated carbocycles. The van der Waals surface area contributed by atoms with Gasteiger partial charge in [-0.25, -0.2) is 9.78 Å². The molecule has 0 spiro atoms. The number of pyridine rings is 1. The molecule has 1 aromatic heterocycles. The quantitative estimate of drug-likeness (QED) is 0.929. The van der Waals surface area contributed by atoms with Gasteiger partial charge >= 0.3 is 5.97 Å². The lowest BCUT2D eigenvalue weighted by Gasteiger charge is -2.35. The Kier molecular flexibility index (Phi) is 4.70. The van der Waals surface area contributed by atoms with Gasteiger partial charge < -0.3 is 14.9 Å². The van der Waals surface area contributed by atoms with Gasteiger partial charge in [0.15, 0.2) is 5.69 Å². The average molecular weight is 339 g/mol. The van der Waals surface area contributed by atoms with Crippen LogP contribution in [0.4, 0.5) is 5.82 Å². The van der Waals surface area contributed by atoms with Gasteiger partial charge in [0.05, 0.1) is 0 Å². The van der Waals surface area contributed by atoms with Crippen molar-refractivity contribution in [3.63, 3.8) is 0 Å². The van der Waals surface area contributed by atoms with Crippen LogP contribution in [0.1, 0.15) is 32.0 Å². The second-order valence-electron chi connectivity index (χ2n) is 6.26. The van der Waals surface area contributed by atoms with Crippen LogP contribution < -0.4 is 4.90 Å². The van der Waals surface area contributed by atoms with E-state index in [1.54, 1.807) is 12.1 Å². The van der Waals surface area contributed by atoms with Gasteiger partial charge in [-0.1, -0.05) is 12.1 Å². The van der Waals surface area contributed by atoms with Crippen molar-refractivity contribution in [3.8, 4) is 0 Å². The number of aromatic carboxylic acids is 1. The zero-order chi connectivity index (χ0) is 18.0. The minimum Gasteiger partial charge on any atom is -0.477 e. The molecule has 6 heteroatoms. The molecule has 0 radical (unpaired) electrons. The fraction of sp³-hybridized carbons (Fsp3) is 0.316. The molecule has 3 rings (SSSR count). The van der Waals surface area contributed by atoms with Crippen molar-refractivity contribution in [2.45, 2.75) is 13.8 Å². The minimum atomic E-state index is -1.04. The summed E-state index contributed by atoms with van der Waals surface area (Å²) in [7, 11) is 0. The molecule has 0 unspecified atom stereocenters. The molecule has 0 atom stereocenters. The van der Waals surface area contributed by atoms with Gasteiger partial charge in [0, 0.05) is 31.7 Å². The molecule has 1 aromatic carbocycles. The molecule has 130 valence electrons. The first-order chi connectivity index (χ1) is 12.0. The first-order valence-electron chi connectivity index (χ1n) is 8.27. The molecule has 1 fully saturated rings. The lowest BCUT2D eigenvalue weighted by atomic mass is 10.1. The lowest BCUT2D eigenvalue weighted by molar-refractivity contribution is 0.0690. The molecule has 1 amide bonds. The topological polar surface area (TPSA) is 73.7 Å². The number of hydrogen-bond acceptors (Lipinski definition) is 4. The summed E-state index contributed by atoms with van der Waals surface area (Å²) in [6.45, 7) is 6.47. The maximum Gasteiger partial charge on any atom is 0.354 e. The van der Waals surface area contributed by atoms with Crippen LogP contribution in [0.25, 0.3) is 0 Å². The fourth-order valence-electron chi connectivity index (χ4n) is 2.91. The lowest BCUT2D eigenvalue weighted by Crippen LogP contribution is -2.49. The van der Waals surface area contributed by atoms with Gasteiger partial charge in [-0.2, -0.15) is 0 Å². The van der Waals surface area contributed by atoms with Crippen molar-refractivity contribution >= 4 is 17.7 Å². The van der Waals surface area contributed by atoms with Gasteiger partial charge in [-0.3, -0.25) is 4.79 Å². The van der Waals surface area contributed by atoms with Gasteiger partial charge in [0.2, 0.25) is 0 Å². The largest absolute Gasteiger partial charge is 0.477 e. The van der Waals surface area contributed by atoms with E-state index in [0.29, 0.717) is 37.6 Å². The Morgan fingerprint density at radius 1 is 1.00 bits per heavy atom. The number of hydrogen-bond donors (Lipinski definition) is 1. The van der Waals surface area contributed by atoms with Gasteiger partial charge in [-0.05, 0) is 49.2 Å². The highest BCUT2D eigenvalue weighted by molar-refractivity contribution is 5.94. The van der Waals surface area contributed by atoms with Crippen LogP contribution in [0.5, 0.6) is 0 Å². The SMILES string of the molecule is Cc1ccc(C(=O)N2CCN(c3cccc(C(=O)O)n3)CC2)cc1C. The third-order valence-electron chi connectivity index (χ3n) is 4.60. The zero-order valence-corrected chi connectivity index (χ0v) is 14.4. The van der Waals surface area contributed by atoms with E-state index in [4.69, 9.17) is 5.11 Å². The Morgan fingerprint density at radius 2 is 1.72 bits per heavy atom. The van der Waals surface area contributed by atoms with Gasteiger partial charge in [0.1, 0.15) is 5.82 Å². The van der Waals surface area contributed by atoms with Crippen LogP contribution in [-0.4, -0.2) is 53.0 Å². The zero-order valence-electron chi connectivity index (χ0n) is 14.4. The Bertz CT molecular complexity index is 811. The van der Waals surface area contributed by atoms with Crippen LogP contribution in [-0.2, 0) is 0 Å². The number of benzene rings is 1. The van der Waals surface area contributed by atoms with E-state index >= 15 is 0 Å². The van der Waals surface area contributed by atoms with Crippen molar-refractivity contribution in [1.29, 1.82) is 0 Å². The van der Waals surface area contributed by atoms with E-state index in [2.05, 4.69) is 4.98 Å². The Morgan fingerprint density at radius 3 is 2.36 bits per heavy atom. The molecule has 1 aliphatic rings. The van der Waals surface area contributed by atoms with Crippen LogP contribution in [0.3, 0.4) is 0 Å². The molecule has 1 saturated heterocycles.